The van der Waals surface area contributed by atoms with Gasteiger partial charge in [0.15, 0.2) is 6.10 Å². The zero-order chi connectivity index (χ0) is 19.9. The van der Waals surface area contributed by atoms with Gasteiger partial charge in [-0.15, -0.1) is 6.58 Å². The van der Waals surface area contributed by atoms with E-state index in [4.69, 9.17) is 9.47 Å². The first-order valence-electron chi connectivity index (χ1n) is 9.05. The van der Waals surface area contributed by atoms with Gasteiger partial charge in [0.05, 0.1) is 25.8 Å². The molecule has 1 saturated heterocycles. The summed E-state index contributed by atoms with van der Waals surface area (Å²) < 4.78 is 11.2. The van der Waals surface area contributed by atoms with Gasteiger partial charge < -0.3 is 19.7 Å². The highest BCUT2D eigenvalue weighted by Gasteiger charge is 2.49. The first-order valence-corrected chi connectivity index (χ1v) is 9.05. The number of anilines is 1. The Kier molecular flexibility index (Phi) is 6.30. The molecule has 1 N–H and O–H groups in total. The maximum Gasteiger partial charge on any atom is 0.255 e. The van der Waals surface area contributed by atoms with Gasteiger partial charge in [0, 0.05) is 12.2 Å². The molecule has 2 aromatic carbocycles. The summed E-state index contributed by atoms with van der Waals surface area (Å²) in [5, 5.41) is 13.0. The van der Waals surface area contributed by atoms with Crippen LogP contribution in [0.25, 0.3) is 0 Å². The Morgan fingerprint density at radius 1 is 1.21 bits per heavy atom. The van der Waals surface area contributed by atoms with Crippen LogP contribution < -0.4 is 10.1 Å². The van der Waals surface area contributed by atoms with E-state index in [0.717, 1.165) is 17.0 Å². The highest BCUT2D eigenvalue weighted by molar-refractivity contribution is 5.86. The van der Waals surface area contributed by atoms with Crippen LogP contribution in [-0.4, -0.2) is 42.6 Å². The quantitative estimate of drug-likeness (QED) is 0.716. The molecule has 6 heteroatoms. The maximum absolute atomic E-state index is 12.9. The number of nitrogens with zero attached hydrogens (tertiary/aromatic N) is 2. The fourth-order valence-corrected chi connectivity index (χ4v) is 3.28. The molecule has 1 fully saturated rings. The van der Waals surface area contributed by atoms with Gasteiger partial charge in [0.25, 0.3) is 5.91 Å². The van der Waals surface area contributed by atoms with Crippen molar-refractivity contribution in [3.63, 3.8) is 0 Å². The summed E-state index contributed by atoms with van der Waals surface area (Å²) in [6, 6.07) is 18.1. The smallest absolute Gasteiger partial charge is 0.255 e. The van der Waals surface area contributed by atoms with Gasteiger partial charge >= 0.3 is 0 Å². The molecule has 28 heavy (non-hydrogen) atoms. The zero-order valence-corrected chi connectivity index (χ0v) is 15.7. The van der Waals surface area contributed by atoms with Gasteiger partial charge in [-0.3, -0.25) is 4.79 Å². The molecule has 0 aromatic heterocycles. The van der Waals surface area contributed by atoms with Crippen molar-refractivity contribution in [3.05, 3.63) is 72.8 Å². The van der Waals surface area contributed by atoms with Gasteiger partial charge in [-0.1, -0.05) is 36.4 Å². The lowest BCUT2D eigenvalue weighted by Crippen LogP contribution is -2.41. The number of benzene rings is 2. The molecule has 144 valence electrons. The summed E-state index contributed by atoms with van der Waals surface area (Å²) in [6.07, 6.45) is 0.846. The number of carbonyl (C=O) groups excluding carboxylic acids is 1. The summed E-state index contributed by atoms with van der Waals surface area (Å²) in [6.45, 7) is 4.28. The summed E-state index contributed by atoms with van der Waals surface area (Å²) in [5.41, 5.74) is 1.75. The maximum atomic E-state index is 12.9. The number of nitriles is 1. The molecule has 0 aliphatic carbocycles. The Morgan fingerprint density at radius 3 is 2.54 bits per heavy atom. The van der Waals surface area contributed by atoms with E-state index in [1.807, 2.05) is 54.6 Å². The average Bonchev–Trinajstić information content (AvgIpc) is 2.98. The largest absolute Gasteiger partial charge is 0.497 e. The predicted octanol–water partition coefficient (Wildman–Crippen LogP) is 2.98. The molecule has 1 aliphatic heterocycles. The van der Waals surface area contributed by atoms with Gasteiger partial charge in [-0.2, -0.15) is 5.26 Å². The predicted molar refractivity (Wildman–Crippen MR) is 107 cm³/mol. The lowest BCUT2D eigenvalue weighted by Gasteiger charge is -2.23. The molecule has 0 unspecified atom stereocenters. The number of ether oxygens (including phenoxy) is 2. The molecule has 1 heterocycles. The van der Waals surface area contributed by atoms with Crippen molar-refractivity contribution in [2.45, 2.75) is 24.8 Å². The van der Waals surface area contributed by atoms with Crippen LogP contribution in [0.3, 0.4) is 0 Å². The zero-order valence-electron chi connectivity index (χ0n) is 15.7. The fraction of sp³-hybridized carbons (Fsp3) is 0.273. The van der Waals surface area contributed by atoms with Crippen LogP contribution in [0.15, 0.2) is 67.3 Å². The van der Waals surface area contributed by atoms with Crippen molar-refractivity contribution in [3.8, 4) is 11.8 Å². The number of hydrogen-bond donors (Lipinski definition) is 1. The highest BCUT2D eigenvalue weighted by Crippen LogP contribution is 2.27. The van der Waals surface area contributed by atoms with Gasteiger partial charge in [0.2, 0.25) is 0 Å². The summed E-state index contributed by atoms with van der Waals surface area (Å²) in [5.74, 6) is 0.517. The second-order valence-corrected chi connectivity index (χ2v) is 6.47. The second kappa shape index (κ2) is 9.07. The summed E-state index contributed by atoms with van der Waals surface area (Å²) in [4.78, 5) is 14.4. The third-order valence-electron chi connectivity index (χ3n) is 4.68. The Morgan fingerprint density at radius 2 is 1.93 bits per heavy atom. The van der Waals surface area contributed by atoms with E-state index in [2.05, 4.69) is 18.0 Å². The first-order chi connectivity index (χ1) is 13.7. The Hall–Kier alpha value is -3.30. The molecular weight excluding hydrogens is 354 g/mol. The van der Waals surface area contributed by atoms with Gasteiger partial charge in [-0.25, -0.2) is 0 Å². The lowest BCUT2D eigenvalue weighted by molar-refractivity contribution is -0.138. The molecule has 0 saturated carbocycles. The number of rotatable bonds is 8. The van der Waals surface area contributed by atoms with Crippen molar-refractivity contribution >= 4 is 11.6 Å². The normalized spacial score (nSPS) is 21.2. The monoisotopic (exact) mass is 377 g/mol. The Balaban J connectivity index is 1.82. The van der Waals surface area contributed by atoms with Crippen LogP contribution in [0.5, 0.6) is 5.75 Å². The molecule has 6 nitrogen and oxygen atoms in total. The van der Waals surface area contributed by atoms with E-state index in [-0.39, 0.29) is 12.5 Å². The van der Waals surface area contributed by atoms with E-state index in [9.17, 15) is 10.1 Å². The van der Waals surface area contributed by atoms with Crippen LogP contribution in [-0.2, 0) is 16.1 Å². The molecule has 3 rings (SSSR count). The van der Waals surface area contributed by atoms with Gasteiger partial charge in [-0.05, 0) is 29.8 Å². The van der Waals surface area contributed by atoms with Crippen molar-refractivity contribution in [2.24, 2.45) is 0 Å². The van der Waals surface area contributed by atoms with Crippen LogP contribution in [0, 0.1) is 11.3 Å². The summed E-state index contributed by atoms with van der Waals surface area (Å²) >= 11 is 0. The molecular formula is C22H23N3O3. The molecule has 3 atom stereocenters. The summed E-state index contributed by atoms with van der Waals surface area (Å²) in [7, 11) is 1.60. The second-order valence-electron chi connectivity index (χ2n) is 6.47. The van der Waals surface area contributed by atoms with Gasteiger partial charge in [0.1, 0.15) is 11.8 Å². The number of methoxy groups -OCH3 is 1. The lowest BCUT2D eigenvalue weighted by atomic mass is 10.1. The van der Waals surface area contributed by atoms with E-state index in [1.165, 1.54) is 4.90 Å². The standard InChI is InChI=1S/C22H23N3O3/c1-3-13-25-19(14-23)20(24-17-9-11-18(27-2)12-10-17)21(22(25)26)28-15-16-7-5-4-6-8-16/h3-12,19-21,24H,1,13,15H2,2H3/t19-,20+,21-/m1/s1. The molecule has 1 aliphatic rings. The molecule has 0 bridgehead atoms. The number of likely N-dealkylation sites (tertiary alicyclic amines) is 1. The van der Waals surface area contributed by atoms with E-state index >= 15 is 0 Å². The number of carbonyl (C=O) groups is 1. The van der Waals surface area contributed by atoms with Crippen LogP contribution >= 0.6 is 0 Å². The van der Waals surface area contributed by atoms with Crippen LogP contribution in [0.2, 0.25) is 0 Å². The first kappa shape index (κ1) is 19.5. The van der Waals surface area contributed by atoms with Crippen LogP contribution in [0.4, 0.5) is 5.69 Å². The number of nitrogens with one attached hydrogen (secondary N) is 1. The molecule has 2 aromatic rings. The third kappa shape index (κ3) is 4.16. The average molecular weight is 377 g/mol. The van der Waals surface area contributed by atoms with E-state index in [0.29, 0.717) is 6.54 Å². The topological polar surface area (TPSA) is 74.6 Å². The van der Waals surface area contributed by atoms with Crippen LogP contribution in [0.1, 0.15) is 5.56 Å². The molecule has 1 amide bonds. The minimum Gasteiger partial charge on any atom is -0.497 e. The molecule has 0 radical (unpaired) electrons. The van der Waals surface area contributed by atoms with E-state index < -0.39 is 18.2 Å². The minimum atomic E-state index is -0.771. The number of hydrogen-bond acceptors (Lipinski definition) is 5. The Labute approximate surface area is 165 Å². The molecule has 0 spiro atoms. The third-order valence-corrected chi connectivity index (χ3v) is 4.68. The number of amides is 1. The highest BCUT2D eigenvalue weighted by atomic mass is 16.5. The van der Waals surface area contributed by atoms with Crippen molar-refractivity contribution < 1.29 is 14.3 Å². The van der Waals surface area contributed by atoms with Crippen molar-refractivity contribution in [1.82, 2.24) is 4.90 Å². The van der Waals surface area contributed by atoms with Crippen molar-refractivity contribution in [1.29, 1.82) is 5.26 Å². The Bertz CT molecular complexity index is 846. The minimum absolute atomic E-state index is 0.214. The SMILES string of the molecule is C=CCN1C(=O)[C@H](OCc2ccccc2)[C@@H](Nc2ccc(OC)cc2)[C@H]1C#N. The van der Waals surface area contributed by atoms with E-state index in [1.54, 1.807) is 13.2 Å². The fourth-order valence-electron chi connectivity index (χ4n) is 3.28. The van der Waals surface area contributed by atoms with Crippen molar-refractivity contribution in [2.75, 3.05) is 19.0 Å².